The van der Waals surface area contributed by atoms with Crippen molar-refractivity contribution in [3.05, 3.63) is 35.9 Å². The lowest BCUT2D eigenvalue weighted by atomic mass is 9.92. The van der Waals surface area contributed by atoms with Gasteiger partial charge in [-0.25, -0.2) is 4.79 Å². The van der Waals surface area contributed by atoms with Gasteiger partial charge in [-0.2, -0.15) is 0 Å². The van der Waals surface area contributed by atoms with Crippen molar-refractivity contribution < 1.29 is 9.59 Å². The van der Waals surface area contributed by atoms with E-state index < -0.39 is 0 Å². The molecule has 118 valence electrons. The largest absolute Gasteiger partial charge is 0.329 e. The number of likely N-dealkylation sites (tertiary alicyclic amines) is 1. The fourth-order valence-electron chi connectivity index (χ4n) is 3.36. The maximum atomic E-state index is 11.6. The number of amides is 3. The van der Waals surface area contributed by atoms with Crippen molar-refractivity contribution in [2.75, 3.05) is 32.7 Å². The number of carbonyl (C=O) groups excluding carboxylic acids is 2. The van der Waals surface area contributed by atoms with Crippen molar-refractivity contribution in [1.29, 1.82) is 0 Å². The number of nitrogens with one attached hydrogen (secondary N) is 1. The predicted molar refractivity (Wildman–Crippen MR) is 84.6 cm³/mol. The van der Waals surface area contributed by atoms with E-state index in [0.29, 0.717) is 12.5 Å². The molecule has 2 aliphatic rings. The lowest BCUT2D eigenvalue weighted by molar-refractivity contribution is -0.125. The Kier molecular flexibility index (Phi) is 4.73. The topological polar surface area (TPSA) is 52.7 Å². The molecule has 1 atom stereocenters. The summed E-state index contributed by atoms with van der Waals surface area (Å²) < 4.78 is 0. The third-order valence-electron chi connectivity index (χ3n) is 4.67. The van der Waals surface area contributed by atoms with E-state index in [2.05, 4.69) is 40.5 Å². The van der Waals surface area contributed by atoms with Gasteiger partial charge in [0.2, 0.25) is 5.91 Å². The van der Waals surface area contributed by atoms with Crippen LogP contribution in [0.2, 0.25) is 0 Å². The highest BCUT2D eigenvalue weighted by Crippen LogP contribution is 2.27. The molecule has 3 rings (SSSR count). The van der Waals surface area contributed by atoms with Crippen molar-refractivity contribution in [1.82, 2.24) is 15.1 Å². The second-order valence-corrected chi connectivity index (χ2v) is 6.08. The van der Waals surface area contributed by atoms with E-state index in [4.69, 9.17) is 0 Å². The van der Waals surface area contributed by atoms with Crippen molar-refractivity contribution >= 4 is 11.9 Å². The summed E-state index contributed by atoms with van der Waals surface area (Å²) in [6, 6.07) is 10.5. The summed E-state index contributed by atoms with van der Waals surface area (Å²) in [7, 11) is 0. The molecule has 0 unspecified atom stereocenters. The molecule has 0 bridgehead atoms. The first-order valence-electron chi connectivity index (χ1n) is 8.09. The normalized spacial score (nSPS) is 23.5. The summed E-state index contributed by atoms with van der Waals surface area (Å²) >= 11 is 0. The summed E-state index contributed by atoms with van der Waals surface area (Å²) in [6.45, 7) is 3.51. The van der Waals surface area contributed by atoms with Gasteiger partial charge in [-0.3, -0.25) is 9.69 Å². The summed E-state index contributed by atoms with van der Waals surface area (Å²) in [5.74, 6) is 0.518. The Balaban J connectivity index is 1.50. The molecule has 0 aliphatic carbocycles. The Morgan fingerprint density at radius 3 is 2.59 bits per heavy atom. The molecule has 0 saturated carbocycles. The summed E-state index contributed by atoms with van der Waals surface area (Å²) in [5.41, 5.74) is 1.43. The molecule has 0 radical (unpaired) electrons. The lowest BCUT2D eigenvalue weighted by Gasteiger charge is -2.22. The van der Waals surface area contributed by atoms with Crippen LogP contribution in [0, 0.1) is 0 Å². The maximum absolute atomic E-state index is 11.6. The van der Waals surface area contributed by atoms with Crippen LogP contribution in [-0.4, -0.2) is 54.5 Å². The first-order valence-corrected chi connectivity index (χ1v) is 8.09. The molecule has 0 spiro atoms. The van der Waals surface area contributed by atoms with Gasteiger partial charge in [0, 0.05) is 13.1 Å². The fourth-order valence-corrected chi connectivity index (χ4v) is 3.36. The monoisotopic (exact) mass is 301 g/mol. The molecular formula is C17H23N3O2. The van der Waals surface area contributed by atoms with Crippen LogP contribution >= 0.6 is 0 Å². The molecule has 2 aliphatic heterocycles. The molecule has 3 amide bonds. The maximum Gasteiger partial charge on any atom is 0.324 e. The lowest BCUT2D eigenvalue weighted by Crippen LogP contribution is -2.39. The van der Waals surface area contributed by atoms with E-state index in [9.17, 15) is 9.59 Å². The molecule has 1 N–H and O–H groups in total. The van der Waals surface area contributed by atoms with Crippen LogP contribution < -0.4 is 5.32 Å². The zero-order chi connectivity index (χ0) is 15.4. The molecule has 1 aromatic rings. The molecule has 2 saturated heterocycles. The SMILES string of the molecule is O=C1CNC(=O)N1CCN1CCC[C@@H](c2ccccc2)CC1. The van der Waals surface area contributed by atoms with Gasteiger partial charge >= 0.3 is 6.03 Å². The number of carbonyl (C=O) groups is 2. The predicted octanol–water partition coefficient (Wildman–Crippen LogP) is 1.81. The average molecular weight is 301 g/mol. The van der Waals surface area contributed by atoms with Crippen LogP contribution in [0.5, 0.6) is 0 Å². The van der Waals surface area contributed by atoms with Crippen LogP contribution in [0.1, 0.15) is 30.7 Å². The quantitative estimate of drug-likeness (QED) is 0.863. The van der Waals surface area contributed by atoms with E-state index in [1.807, 2.05) is 0 Å². The van der Waals surface area contributed by atoms with E-state index in [-0.39, 0.29) is 18.5 Å². The van der Waals surface area contributed by atoms with Crippen molar-refractivity contribution in [2.24, 2.45) is 0 Å². The number of hydrogen-bond acceptors (Lipinski definition) is 3. The standard InChI is InChI=1S/C17H23N3O2/c21-16-13-18-17(22)20(16)12-11-19-9-4-7-15(8-10-19)14-5-2-1-3-6-14/h1-3,5-6,15H,4,7-13H2,(H,18,22)/t15-/m1/s1. The second-order valence-electron chi connectivity index (χ2n) is 6.08. The Hall–Kier alpha value is -1.88. The highest BCUT2D eigenvalue weighted by molar-refractivity contribution is 6.01. The van der Waals surface area contributed by atoms with E-state index >= 15 is 0 Å². The third kappa shape index (κ3) is 3.47. The minimum Gasteiger partial charge on any atom is -0.329 e. The van der Waals surface area contributed by atoms with Gasteiger partial charge in [0.25, 0.3) is 0 Å². The van der Waals surface area contributed by atoms with Crippen LogP contribution in [0.3, 0.4) is 0 Å². The zero-order valence-corrected chi connectivity index (χ0v) is 12.8. The molecule has 5 nitrogen and oxygen atoms in total. The molecule has 2 heterocycles. The summed E-state index contributed by atoms with van der Waals surface area (Å²) in [5, 5.41) is 2.57. The molecular weight excluding hydrogens is 278 g/mol. The van der Waals surface area contributed by atoms with E-state index in [1.165, 1.54) is 23.3 Å². The molecule has 0 aromatic heterocycles. The Morgan fingerprint density at radius 1 is 1.05 bits per heavy atom. The molecule has 1 aromatic carbocycles. The van der Waals surface area contributed by atoms with Gasteiger partial charge < -0.3 is 10.2 Å². The number of imide groups is 1. The molecule has 22 heavy (non-hydrogen) atoms. The fraction of sp³-hybridized carbons (Fsp3) is 0.529. The van der Waals surface area contributed by atoms with Gasteiger partial charge in [0.15, 0.2) is 0 Å². The minimum absolute atomic E-state index is 0.109. The van der Waals surface area contributed by atoms with Gasteiger partial charge in [0.1, 0.15) is 0 Å². The first-order chi connectivity index (χ1) is 10.7. The number of hydrogen-bond donors (Lipinski definition) is 1. The average Bonchev–Trinajstić information content (AvgIpc) is 2.75. The van der Waals surface area contributed by atoms with Crippen LogP contribution in [0.25, 0.3) is 0 Å². The number of benzene rings is 1. The Morgan fingerprint density at radius 2 is 1.86 bits per heavy atom. The van der Waals surface area contributed by atoms with Gasteiger partial charge in [0.05, 0.1) is 6.54 Å². The number of urea groups is 1. The highest BCUT2D eigenvalue weighted by Gasteiger charge is 2.28. The van der Waals surface area contributed by atoms with Crippen molar-refractivity contribution in [2.45, 2.75) is 25.2 Å². The number of nitrogens with zero attached hydrogens (tertiary/aromatic N) is 2. The molecule has 5 heteroatoms. The van der Waals surface area contributed by atoms with Gasteiger partial charge in [-0.1, -0.05) is 30.3 Å². The van der Waals surface area contributed by atoms with Crippen molar-refractivity contribution in [3.63, 3.8) is 0 Å². The molecule has 2 fully saturated rings. The summed E-state index contributed by atoms with van der Waals surface area (Å²) in [6.07, 6.45) is 3.52. The highest BCUT2D eigenvalue weighted by atomic mass is 16.2. The van der Waals surface area contributed by atoms with Crippen LogP contribution in [0.4, 0.5) is 4.79 Å². The van der Waals surface area contributed by atoms with Crippen LogP contribution in [0.15, 0.2) is 30.3 Å². The van der Waals surface area contributed by atoms with E-state index in [0.717, 1.165) is 26.1 Å². The van der Waals surface area contributed by atoms with E-state index in [1.54, 1.807) is 0 Å². The second kappa shape index (κ2) is 6.92. The van der Waals surface area contributed by atoms with Gasteiger partial charge in [-0.05, 0) is 43.8 Å². The summed E-state index contributed by atoms with van der Waals surface area (Å²) in [4.78, 5) is 26.8. The minimum atomic E-state index is -0.248. The van der Waals surface area contributed by atoms with Crippen molar-refractivity contribution in [3.8, 4) is 0 Å². The number of rotatable bonds is 4. The first kappa shape index (κ1) is 15.0. The van der Waals surface area contributed by atoms with Crippen LogP contribution in [-0.2, 0) is 4.79 Å². The zero-order valence-electron chi connectivity index (χ0n) is 12.8. The third-order valence-corrected chi connectivity index (χ3v) is 4.67. The van der Waals surface area contributed by atoms with Gasteiger partial charge in [-0.15, -0.1) is 0 Å². The Bertz CT molecular complexity index is 516. The smallest absolute Gasteiger partial charge is 0.324 e. The Labute approximate surface area is 131 Å².